The van der Waals surface area contributed by atoms with Crippen molar-refractivity contribution in [1.29, 1.82) is 0 Å². The van der Waals surface area contributed by atoms with Gasteiger partial charge in [-0.3, -0.25) is 25.8 Å². The van der Waals surface area contributed by atoms with Gasteiger partial charge in [0.2, 0.25) is 0 Å². The number of ether oxygens (including phenoxy) is 2. The van der Waals surface area contributed by atoms with Crippen LogP contribution in [0.2, 0.25) is 0 Å². The standard InChI is InChI=1S/C25H25N3O4S/c1-2-16-31-21-12-8-19(9-13-21)23(29)26-25(33)28-27-24(30)20-10-14-22(15-11-20)32-17-18-6-4-3-5-7-18/h3-15H,2,16-17H2,1H3,(H,27,30)(H2,26,28,29,33). The van der Waals surface area contributed by atoms with Crippen LogP contribution in [0.4, 0.5) is 0 Å². The summed E-state index contributed by atoms with van der Waals surface area (Å²) >= 11 is 5.08. The third-order valence-corrected chi connectivity index (χ3v) is 4.67. The number of hydrogen-bond acceptors (Lipinski definition) is 5. The summed E-state index contributed by atoms with van der Waals surface area (Å²) in [7, 11) is 0. The van der Waals surface area contributed by atoms with Crippen molar-refractivity contribution in [1.82, 2.24) is 16.2 Å². The molecule has 0 bridgehead atoms. The summed E-state index contributed by atoms with van der Waals surface area (Å²) in [5, 5.41) is 2.49. The number of carbonyl (C=O) groups is 2. The third kappa shape index (κ3) is 7.62. The fraction of sp³-hybridized carbons (Fsp3) is 0.160. The number of hydrazine groups is 1. The van der Waals surface area contributed by atoms with Crippen LogP contribution in [-0.4, -0.2) is 23.5 Å². The minimum absolute atomic E-state index is 0.0255. The lowest BCUT2D eigenvalue weighted by Gasteiger charge is -2.12. The van der Waals surface area contributed by atoms with Crippen LogP contribution in [0.15, 0.2) is 78.9 Å². The lowest BCUT2D eigenvalue weighted by Crippen LogP contribution is -2.48. The third-order valence-electron chi connectivity index (χ3n) is 4.47. The van der Waals surface area contributed by atoms with Crippen LogP contribution in [0.3, 0.4) is 0 Å². The van der Waals surface area contributed by atoms with Gasteiger partial charge in [0.1, 0.15) is 18.1 Å². The van der Waals surface area contributed by atoms with Crippen molar-refractivity contribution in [2.24, 2.45) is 0 Å². The highest BCUT2D eigenvalue weighted by Crippen LogP contribution is 2.14. The van der Waals surface area contributed by atoms with Gasteiger partial charge in [0.15, 0.2) is 5.11 Å². The molecule has 0 heterocycles. The Morgan fingerprint density at radius 2 is 1.33 bits per heavy atom. The highest BCUT2D eigenvalue weighted by atomic mass is 32.1. The predicted octanol–water partition coefficient (Wildman–Crippen LogP) is 4.00. The molecule has 3 aromatic rings. The molecule has 0 unspecified atom stereocenters. The summed E-state index contributed by atoms with van der Waals surface area (Å²) in [6.45, 7) is 3.07. The Balaban J connectivity index is 1.43. The first-order valence-electron chi connectivity index (χ1n) is 10.5. The summed E-state index contributed by atoms with van der Waals surface area (Å²) in [6.07, 6.45) is 0.903. The van der Waals surface area contributed by atoms with Crippen molar-refractivity contribution < 1.29 is 19.1 Å². The van der Waals surface area contributed by atoms with E-state index < -0.39 is 11.8 Å². The summed E-state index contributed by atoms with van der Waals surface area (Å²) in [6, 6.07) is 23.2. The lowest BCUT2D eigenvalue weighted by molar-refractivity contribution is 0.0934. The molecule has 7 nitrogen and oxygen atoms in total. The maximum atomic E-state index is 12.3. The summed E-state index contributed by atoms with van der Waals surface area (Å²) in [5.41, 5.74) is 6.87. The molecule has 0 aliphatic heterocycles. The first kappa shape index (κ1) is 23.7. The Morgan fingerprint density at radius 1 is 0.758 bits per heavy atom. The molecule has 0 saturated heterocycles. The number of rotatable bonds is 8. The summed E-state index contributed by atoms with van der Waals surface area (Å²) in [4.78, 5) is 24.6. The van der Waals surface area contributed by atoms with Crippen LogP contribution >= 0.6 is 12.2 Å². The molecule has 0 spiro atoms. The molecule has 3 rings (SSSR count). The quantitative estimate of drug-likeness (QED) is 0.346. The Bertz CT molecular complexity index is 1070. The molecule has 0 saturated carbocycles. The van der Waals surface area contributed by atoms with E-state index in [2.05, 4.69) is 16.2 Å². The molecule has 8 heteroatoms. The van der Waals surface area contributed by atoms with Gasteiger partial charge < -0.3 is 9.47 Å². The molecular weight excluding hydrogens is 438 g/mol. The molecule has 0 aromatic heterocycles. The van der Waals surface area contributed by atoms with E-state index in [-0.39, 0.29) is 5.11 Å². The van der Waals surface area contributed by atoms with Crippen molar-refractivity contribution in [2.75, 3.05) is 6.61 Å². The maximum Gasteiger partial charge on any atom is 0.269 e. The number of nitrogens with one attached hydrogen (secondary N) is 3. The van der Waals surface area contributed by atoms with E-state index in [1.54, 1.807) is 48.5 Å². The van der Waals surface area contributed by atoms with Gasteiger partial charge in [-0.15, -0.1) is 0 Å². The van der Waals surface area contributed by atoms with E-state index in [1.165, 1.54) is 0 Å². The Labute approximate surface area is 198 Å². The smallest absolute Gasteiger partial charge is 0.269 e. The molecule has 3 N–H and O–H groups in total. The Hall–Kier alpha value is -3.91. The van der Waals surface area contributed by atoms with Crippen LogP contribution in [0.25, 0.3) is 0 Å². The number of hydrogen-bond donors (Lipinski definition) is 3. The molecule has 0 atom stereocenters. The first-order valence-corrected chi connectivity index (χ1v) is 10.9. The minimum Gasteiger partial charge on any atom is -0.494 e. The minimum atomic E-state index is -0.404. The highest BCUT2D eigenvalue weighted by Gasteiger charge is 2.10. The topological polar surface area (TPSA) is 88.7 Å². The van der Waals surface area contributed by atoms with E-state index in [0.29, 0.717) is 35.8 Å². The van der Waals surface area contributed by atoms with E-state index in [1.807, 2.05) is 37.3 Å². The Morgan fingerprint density at radius 3 is 1.94 bits per heavy atom. The maximum absolute atomic E-state index is 12.3. The molecule has 2 amide bonds. The molecule has 0 radical (unpaired) electrons. The molecule has 0 fully saturated rings. The average Bonchev–Trinajstić information content (AvgIpc) is 2.86. The second-order valence-electron chi connectivity index (χ2n) is 7.03. The summed E-state index contributed by atoms with van der Waals surface area (Å²) < 4.78 is 11.2. The van der Waals surface area contributed by atoms with E-state index in [9.17, 15) is 9.59 Å². The van der Waals surface area contributed by atoms with Crippen molar-refractivity contribution in [2.45, 2.75) is 20.0 Å². The number of benzene rings is 3. The number of amides is 2. The van der Waals surface area contributed by atoms with E-state index >= 15 is 0 Å². The van der Waals surface area contributed by atoms with Crippen LogP contribution in [0.1, 0.15) is 39.6 Å². The normalized spacial score (nSPS) is 10.1. The van der Waals surface area contributed by atoms with Gasteiger partial charge in [-0.2, -0.15) is 0 Å². The number of thiocarbonyl (C=S) groups is 1. The molecule has 170 valence electrons. The van der Waals surface area contributed by atoms with Gasteiger partial charge in [0, 0.05) is 11.1 Å². The lowest BCUT2D eigenvalue weighted by atomic mass is 10.2. The average molecular weight is 464 g/mol. The van der Waals surface area contributed by atoms with Gasteiger partial charge in [-0.25, -0.2) is 0 Å². The van der Waals surface area contributed by atoms with Gasteiger partial charge in [-0.05, 0) is 72.7 Å². The fourth-order valence-electron chi connectivity index (χ4n) is 2.76. The van der Waals surface area contributed by atoms with Crippen molar-refractivity contribution in [3.8, 4) is 11.5 Å². The first-order chi connectivity index (χ1) is 16.0. The fourth-order valence-corrected chi connectivity index (χ4v) is 2.90. The Kier molecular flexibility index (Phi) is 8.79. The zero-order chi connectivity index (χ0) is 23.5. The van der Waals surface area contributed by atoms with Crippen molar-refractivity contribution >= 4 is 29.1 Å². The van der Waals surface area contributed by atoms with Crippen LogP contribution in [0.5, 0.6) is 11.5 Å². The van der Waals surface area contributed by atoms with Crippen LogP contribution < -0.4 is 25.6 Å². The SMILES string of the molecule is CCCOc1ccc(C(=O)NC(=S)NNC(=O)c2ccc(OCc3ccccc3)cc2)cc1. The van der Waals surface area contributed by atoms with Crippen molar-refractivity contribution in [3.05, 3.63) is 95.6 Å². The molecule has 0 aliphatic carbocycles. The zero-order valence-electron chi connectivity index (χ0n) is 18.2. The van der Waals surface area contributed by atoms with E-state index in [4.69, 9.17) is 21.7 Å². The van der Waals surface area contributed by atoms with Gasteiger partial charge >= 0.3 is 0 Å². The van der Waals surface area contributed by atoms with Crippen LogP contribution in [-0.2, 0) is 6.61 Å². The zero-order valence-corrected chi connectivity index (χ0v) is 19.0. The van der Waals surface area contributed by atoms with Gasteiger partial charge in [0.05, 0.1) is 6.61 Å². The molecule has 33 heavy (non-hydrogen) atoms. The molecule has 3 aromatic carbocycles. The molecular formula is C25H25N3O4S. The second-order valence-corrected chi connectivity index (χ2v) is 7.44. The second kappa shape index (κ2) is 12.2. The van der Waals surface area contributed by atoms with Gasteiger partial charge in [-0.1, -0.05) is 37.3 Å². The van der Waals surface area contributed by atoms with Crippen LogP contribution in [0, 0.1) is 0 Å². The van der Waals surface area contributed by atoms with E-state index in [0.717, 1.165) is 12.0 Å². The molecule has 0 aliphatic rings. The predicted molar refractivity (Wildman–Crippen MR) is 130 cm³/mol. The number of carbonyl (C=O) groups excluding carboxylic acids is 2. The highest BCUT2D eigenvalue weighted by molar-refractivity contribution is 7.80. The monoisotopic (exact) mass is 463 g/mol. The largest absolute Gasteiger partial charge is 0.494 e. The summed E-state index contributed by atoms with van der Waals surface area (Å²) in [5.74, 6) is 0.539. The van der Waals surface area contributed by atoms with Crippen molar-refractivity contribution in [3.63, 3.8) is 0 Å². The van der Waals surface area contributed by atoms with Gasteiger partial charge in [0.25, 0.3) is 11.8 Å².